The minimum absolute atomic E-state index is 0.237. The van der Waals surface area contributed by atoms with Gasteiger partial charge in [-0.15, -0.1) is 0 Å². The molecule has 0 unspecified atom stereocenters. The van der Waals surface area contributed by atoms with Crippen LogP contribution < -0.4 is 5.73 Å². The van der Waals surface area contributed by atoms with Gasteiger partial charge in [0.05, 0.1) is 5.75 Å². The Kier molecular flexibility index (Phi) is 6.09. The van der Waals surface area contributed by atoms with E-state index in [0.717, 1.165) is 0 Å². The first kappa shape index (κ1) is 13.7. The van der Waals surface area contributed by atoms with E-state index in [1.165, 1.54) is 11.8 Å². The average Bonchev–Trinajstić information content (AvgIpc) is 2.01. The van der Waals surface area contributed by atoms with Crippen molar-refractivity contribution in [3.63, 3.8) is 0 Å². The molecule has 0 aliphatic carbocycles. The minimum atomic E-state index is -3.90. The lowest BCUT2D eigenvalue weighted by Gasteiger charge is -2.04. The predicted octanol–water partition coefficient (Wildman–Crippen LogP) is -0.591. The fourth-order valence-electron chi connectivity index (χ4n) is 0.625. The first-order chi connectivity index (χ1) is 6.33. The Balaban J connectivity index is 3.44. The zero-order chi connectivity index (χ0) is 11.2. The van der Waals surface area contributed by atoms with Gasteiger partial charge in [-0.25, -0.2) is 0 Å². The summed E-state index contributed by atoms with van der Waals surface area (Å²) in [4.78, 5) is 10.2. The molecular formula is C6H13NO5S2. The second-order valence-electron chi connectivity index (χ2n) is 2.66. The molecule has 0 saturated carbocycles. The maximum Gasteiger partial charge on any atom is 0.321 e. The van der Waals surface area contributed by atoms with Gasteiger partial charge in [0.2, 0.25) is 0 Å². The molecule has 0 saturated heterocycles. The van der Waals surface area contributed by atoms with Gasteiger partial charge in [-0.3, -0.25) is 9.35 Å². The fourth-order valence-corrected chi connectivity index (χ4v) is 2.23. The van der Waals surface area contributed by atoms with Crippen molar-refractivity contribution in [2.24, 2.45) is 5.73 Å². The van der Waals surface area contributed by atoms with Crippen LogP contribution in [-0.4, -0.2) is 47.3 Å². The van der Waals surface area contributed by atoms with Crippen molar-refractivity contribution in [2.75, 3.05) is 17.3 Å². The van der Waals surface area contributed by atoms with Crippen LogP contribution in [-0.2, 0) is 14.9 Å². The highest BCUT2D eigenvalue weighted by Gasteiger charge is 2.11. The maximum absolute atomic E-state index is 10.3. The van der Waals surface area contributed by atoms with E-state index in [1.807, 2.05) is 0 Å². The van der Waals surface area contributed by atoms with Crippen molar-refractivity contribution in [2.45, 2.75) is 12.5 Å². The van der Waals surface area contributed by atoms with Gasteiger partial charge in [0.25, 0.3) is 10.1 Å². The van der Waals surface area contributed by atoms with Crippen LogP contribution in [0.15, 0.2) is 0 Å². The number of hydrogen-bond donors (Lipinski definition) is 3. The van der Waals surface area contributed by atoms with Crippen molar-refractivity contribution < 1.29 is 22.9 Å². The van der Waals surface area contributed by atoms with E-state index in [4.69, 9.17) is 15.4 Å². The van der Waals surface area contributed by atoms with E-state index < -0.39 is 22.1 Å². The van der Waals surface area contributed by atoms with Gasteiger partial charge in [0.1, 0.15) is 6.04 Å². The molecule has 0 aromatic carbocycles. The number of carboxylic acids is 1. The molecule has 8 heteroatoms. The van der Waals surface area contributed by atoms with Crippen LogP contribution in [0.2, 0.25) is 0 Å². The molecule has 0 radical (unpaired) electrons. The summed E-state index contributed by atoms with van der Waals surface area (Å²) in [5, 5.41) is 8.39. The fraction of sp³-hybridized carbons (Fsp3) is 0.833. The molecule has 0 aliphatic heterocycles. The van der Waals surface area contributed by atoms with Gasteiger partial charge < -0.3 is 10.8 Å². The van der Waals surface area contributed by atoms with Crippen LogP contribution in [0.4, 0.5) is 0 Å². The van der Waals surface area contributed by atoms with Crippen LogP contribution in [0.3, 0.4) is 0 Å². The zero-order valence-corrected chi connectivity index (χ0v) is 9.05. The summed E-state index contributed by atoms with van der Waals surface area (Å²) in [5.74, 6) is -0.684. The first-order valence-electron chi connectivity index (χ1n) is 3.84. The van der Waals surface area contributed by atoms with E-state index >= 15 is 0 Å². The maximum atomic E-state index is 10.3. The Morgan fingerprint density at radius 3 is 2.50 bits per heavy atom. The topological polar surface area (TPSA) is 118 Å². The van der Waals surface area contributed by atoms with Crippen LogP contribution in [0.1, 0.15) is 6.42 Å². The molecule has 1 atom stereocenters. The van der Waals surface area contributed by atoms with Crippen molar-refractivity contribution in [1.29, 1.82) is 0 Å². The molecular weight excluding hydrogens is 230 g/mol. The van der Waals surface area contributed by atoms with Crippen LogP contribution in [0.25, 0.3) is 0 Å². The number of rotatable bonds is 7. The quantitative estimate of drug-likeness (QED) is 0.404. The van der Waals surface area contributed by atoms with E-state index in [9.17, 15) is 13.2 Å². The van der Waals surface area contributed by atoms with Crippen LogP contribution >= 0.6 is 11.8 Å². The Morgan fingerprint density at radius 2 is 2.07 bits per heavy atom. The molecule has 84 valence electrons. The van der Waals surface area contributed by atoms with Gasteiger partial charge in [-0.1, -0.05) is 0 Å². The molecule has 0 spiro atoms. The molecule has 0 aliphatic rings. The molecule has 4 N–H and O–H groups in total. The summed E-state index contributed by atoms with van der Waals surface area (Å²) >= 11 is 1.25. The van der Waals surface area contributed by atoms with Crippen molar-refractivity contribution >= 4 is 27.8 Å². The molecule has 0 amide bonds. The van der Waals surface area contributed by atoms with E-state index in [0.29, 0.717) is 5.75 Å². The zero-order valence-electron chi connectivity index (χ0n) is 7.42. The van der Waals surface area contributed by atoms with Gasteiger partial charge in [0.15, 0.2) is 0 Å². The number of aliphatic carboxylic acids is 1. The standard InChI is InChI=1S/C6H13NO5S2/c7-5(6(8)9)4-13-2-1-3-14(10,11)12/h5H,1-4,7H2,(H,8,9)(H,10,11,12)/t5-/m1/s1. The molecule has 0 aromatic heterocycles. The predicted molar refractivity (Wildman–Crippen MR) is 54.0 cm³/mol. The molecule has 14 heavy (non-hydrogen) atoms. The van der Waals surface area contributed by atoms with Crippen LogP contribution in [0, 0.1) is 0 Å². The lowest BCUT2D eigenvalue weighted by atomic mass is 10.4. The number of nitrogens with two attached hydrogens (primary N) is 1. The number of carboxylic acid groups (broad SMARTS) is 1. The largest absolute Gasteiger partial charge is 0.480 e. The highest BCUT2D eigenvalue weighted by Crippen LogP contribution is 2.05. The second-order valence-corrected chi connectivity index (χ2v) is 5.38. The average molecular weight is 243 g/mol. The summed E-state index contributed by atoms with van der Waals surface area (Å²) in [5.41, 5.74) is 5.20. The van der Waals surface area contributed by atoms with Crippen molar-refractivity contribution in [3.05, 3.63) is 0 Å². The summed E-state index contributed by atoms with van der Waals surface area (Å²) in [6.45, 7) is 0. The first-order valence-corrected chi connectivity index (χ1v) is 6.60. The number of carbonyl (C=O) groups is 1. The highest BCUT2D eigenvalue weighted by molar-refractivity contribution is 7.99. The second kappa shape index (κ2) is 6.23. The Hall–Kier alpha value is -0.310. The summed E-state index contributed by atoms with van der Waals surface area (Å²) in [6, 6.07) is -0.925. The molecule has 0 aromatic rings. The molecule has 0 rings (SSSR count). The van der Waals surface area contributed by atoms with Crippen molar-refractivity contribution in [3.8, 4) is 0 Å². The highest BCUT2D eigenvalue weighted by atomic mass is 32.2. The molecule has 0 bridgehead atoms. The Morgan fingerprint density at radius 1 is 1.50 bits per heavy atom. The van der Waals surface area contributed by atoms with Crippen molar-refractivity contribution in [1.82, 2.24) is 0 Å². The monoisotopic (exact) mass is 243 g/mol. The lowest BCUT2D eigenvalue weighted by molar-refractivity contribution is -0.137. The summed E-state index contributed by atoms with van der Waals surface area (Å²) in [6.07, 6.45) is 0.288. The number of thioether (sulfide) groups is 1. The van der Waals surface area contributed by atoms with E-state index in [2.05, 4.69) is 0 Å². The van der Waals surface area contributed by atoms with E-state index in [1.54, 1.807) is 0 Å². The Labute approximate surface area is 86.6 Å². The normalized spacial score (nSPS) is 13.9. The smallest absolute Gasteiger partial charge is 0.321 e. The third-order valence-corrected chi connectivity index (χ3v) is 3.28. The third kappa shape index (κ3) is 8.30. The molecule has 0 fully saturated rings. The minimum Gasteiger partial charge on any atom is -0.480 e. The van der Waals surface area contributed by atoms with Gasteiger partial charge >= 0.3 is 5.97 Å². The van der Waals surface area contributed by atoms with Gasteiger partial charge in [-0.05, 0) is 12.2 Å². The van der Waals surface area contributed by atoms with Gasteiger partial charge in [-0.2, -0.15) is 20.2 Å². The Bertz CT molecular complexity index is 276. The lowest BCUT2D eigenvalue weighted by Crippen LogP contribution is -2.32. The van der Waals surface area contributed by atoms with Crippen LogP contribution in [0.5, 0.6) is 0 Å². The third-order valence-electron chi connectivity index (χ3n) is 1.31. The summed E-state index contributed by atoms with van der Waals surface area (Å²) in [7, 11) is -3.90. The number of hydrogen-bond acceptors (Lipinski definition) is 5. The SMILES string of the molecule is N[C@H](CSCCCS(=O)(=O)O)C(=O)O. The molecule has 6 nitrogen and oxygen atoms in total. The van der Waals surface area contributed by atoms with E-state index in [-0.39, 0.29) is 17.9 Å². The summed E-state index contributed by atoms with van der Waals surface area (Å²) < 4.78 is 28.9. The van der Waals surface area contributed by atoms with Gasteiger partial charge in [0, 0.05) is 5.75 Å². The molecule has 0 heterocycles.